The van der Waals surface area contributed by atoms with Gasteiger partial charge in [0.1, 0.15) is 17.2 Å². The number of rotatable bonds is 9. The predicted octanol–water partition coefficient (Wildman–Crippen LogP) is 2.44. The Hall–Kier alpha value is -2.15. The summed E-state index contributed by atoms with van der Waals surface area (Å²) >= 11 is 0. The summed E-state index contributed by atoms with van der Waals surface area (Å²) in [6.07, 6.45) is 4.61. The molecule has 0 bridgehead atoms. The minimum Gasteiger partial charge on any atom is -0.496 e. The van der Waals surface area contributed by atoms with Gasteiger partial charge < -0.3 is 24.8 Å². The number of likely N-dealkylation sites (tertiary alicyclic amines) is 1. The van der Waals surface area contributed by atoms with Crippen molar-refractivity contribution < 1.29 is 14.2 Å². The highest BCUT2D eigenvalue weighted by molar-refractivity contribution is 5.80. The molecule has 7 heteroatoms. The van der Waals surface area contributed by atoms with Gasteiger partial charge in [0.15, 0.2) is 5.96 Å². The van der Waals surface area contributed by atoms with Crippen molar-refractivity contribution in [3.63, 3.8) is 0 Å². The number of methoxy groups -OCH3 is 3. The molecule has 0 radical (unpaired) electrons. The van der Waals surface area contributed by atoms with Crippen molar-refractivity contribution in [3.8, 4) is 17.2 Å². The topological polar surface area (TPSA) is 67.4 Å². The van der Waals surface area contributed by atoms with E-state index in [2.05, 4.69) is 29.4 Å². The zero-order chi connectivity index (χ0) is 20.8. The van der Waals surface area contributed by atoms with Crippen LogP contribution in [0.25, 0.3) is 0 Å². The molecule has 3 rings (SSSR count). The van der Waals surface area contributed by atoms with E-state index >= 15 is 0 Å². The zero-order valence-corrected chi connectivity index (χ0v) is 18.5. The predicted molar refractivity (Wildman–Crippen MR) is 117 cm³/mol. The lowest BCUT2D eigenvalue weighted by Crippen LogP contribution is -2.44. The van der Waals surface area contributed by atoms with Gasteiger partial charge in [-0.15, -0.1) is 0 Å². The first-order chi connectivity index (χ1) is 14.1. The summed E-state index contributed by atoms with van der Waals surface area (Å²) in [6.45, 7) is 7.03. The zero-order valence-electron chi connectivity index (χ0n) is 18.5. The van der Waals surface area contributed by atoms with Gasteiger partial charge in [-0.3, -0.25) is 9.89 Å². The van der Waals surface area contributed by atoms with E-state index in [4.69, 9.17) is 19.2 Å². The van der Waals surface area contributed by atoms with Crippen LogP contribution < -0.4 is 24.8 Å². The molecule has 0 spiro atoms. The number of guanidine groups is 1. The molecule has 2 unspecified atom stereocenters. The van der Waals surface area contributed by atoms with Gasteiger partial charge >= 0.3 is 0 Å². The van der Waals surface area contributed by atoms with Gasteiger partial charge in [-0.1, -0.05) is 0 Å². The molecule has 2 aliphatic rings. The molecular formula is C22H36N4O3. The van der Waals surface area contributed by atoms with Gasteiger partial charge in [-0.05, 0) is 39.5 Å². The van der Waals surface area contributed by atoms with Crippen LogP contribution >= 0.6 is 0 Å². The van der Waals surface area contributed by atoms with Gasteiger partial charge in [0, 0.05) is 55.5 Å². The third-order valence-electron chi connectivity index (χ3n) is 5.77. The van der Waals surface area contributed by atoms with Crippen LogP contribution in [-0.4, -0.2) is 69.9 Å². The van der Waals surface area contributed by atoms with Crippen LogP contribution in [0.2, 0.25) is 0 Å². The second-order valence-electron chi connectivity index (χ2n) is 7.88. The average Bonchev–Trinajstić information content (AvgIpc) is 3.50. The molecule has 162 valence electrons. The second-order valence-corrected chi connectivity index (χ2v) is 7.88. The molecule has 1 heterocycles. The summed E-state index contributed by atoms with van der Waals surface area (Å²) in [5, 5.41) is 7.02. The fraction of sp³-hybridized carbons (Fsp3) is 0.682. The van der Waals surface area contributed by atoms with E-state index in [1.165, 1.54) is 19.3 Å². The fourth-order valence-electron chi connectivity index (χ4n) is 4.19. The van der Waals surface area contributed by atoms with Crippen LogP contribution in [0, 0.1) is 0 Å². The van der Waals surface area contributed by atoms with Gasteiger partial charge in [-0.25, -0.2) is 0 Å². The number of benzene rings is 1. The van der Waals surface area contributed by atoms with E-state index in [1.807, 2.05) is 12.1 Å². The summed E-state index contributed by atoms with van der Waals surface area (Å²) in [5.74, 6) is 3.13. The van der Waals surface area contributed by atoms with E-state index in [0.29, 0.717) is 18.6 Å². The molecule has 2 N–H and O–H groups in total. The molecule has 2 fully saturated rings. The standard InChI is InChI=1S/C22H36N4O3/c1-6-23-22(25-16-11-15(2)26(14-16)17-7-8-17)24-10-9-19-20(28-4)12-18(27-3)13-21(19)29-5/h12-13,15-17H,6-11,14H2,1-5H3,(H2,23,24,25). The number of aliphatic imine (C=N–C) groups is 1. The van der Waals surface area contributed by atoms with Crippen LogP contribution in [0.15, 0.2) is 17.1 Å². The maximum absolute atomic E-state index is 5.55. The molecule has 1 saturated carbocycles. The first-order valence-electron chi connectivity index (χ1n) is 10.7. The molecule has 0 amide bonds. The maximum Gasteiger partial charge on any atom is 0.191 e. The van der Waals surface area contributed by atoms with Crippen molar-refractivity contribution in [2.24, 2.45) is 4.99 Å². The highest BCUT2D eigenvalue weighted by atomic mass is 16.5. The lowest BCUT2D eigenvalue weighted by molar-refractivity contribution is 0.256. The Labute approximate surface area is 174 Å². The molecule has 7 nitrogen and oxygen atoms in total. The molecule has 1 aliphatic carbocycles. The van der Waals surface area contributed by atoms with Gasteiger partial charge in [0.2, 0.25) is 0 Å². The summed E-state index contributed by atoms with van der Waals surface area (Å²) in [6, 6.07) is 5.69. The summed E-state index contributed by atoms with van der Waals surface area (Å²) in [7, 11) is 4.97. The smallest absolute Gasteiger partial charge is 0.191 e. The Morgan fingerprint density at radius 1 is 1.14 bits per heavy atom. The second kappa shape index (κ2) is 10.1. The van der Waals surface area contributed by atoms with Gasteiger partial charge in [0.05, 0.1) is 21.3 Å². The Morgan fingerprint density at radius 2 is 1.83 bits per heavy atom. The molecule has 1 aromatic rings. The van der Waals surface area contributed by atoms with E-state index in [1.54, 1.807) is 21.3 Å². The highest BCUT2D eigenvalue weighted by Gasteiger charge is 2.38. The van der Waals surface area contributed by atoms with Crippen LogP contribution in [0.1, 0.15) is 38.7 Å². The minimum atomic E-state index is 0.452. The Morgan fingerprint density at radius 3 is 2.38 bits per heavy atom. The Bertz CT molecular complexity index is 680. The van der Waals surface area contributed by atoms with Crippen LogP contribution in [0.5, 0.6) is 17.2 Å². The lowest BCUT2D eigenvalue weighted by atomic mass is 10.1. The number of nitrogens with zero attached hydrogens (tertiary/aromatic N) is 2. The van der Waals surface area contributed by atoms with Crippen LogP contribution in [-0.2, 0) is 6.42 Å². The van der Waals surface area contributed by atoms with E-state index < -0.39 is 0 Å². The quantitative estimate of drug-likeness (QED) is 0.487. The normalized spacial score (nSPS) is 22.4. The molecule has 2 atom stereocenters. The average molecular weight is 405 g/mol. The first kappa shape index (κ1) is 21.6. The number of ether oxygens (including phenoxy) is 3. The first-order valence-corrected chi connectivity index (χ1v) is 10.7. The SMILES string of the molecule is CCNC(=NCCc1c(OC)cc(OC)cc1OC)NC1CC(C)N(C2CC2)C1. The highest BCUT2D eigenvalue weighted by Crippen LogP contribution is 2.35. The third-order valence-corrected chi connectivity index (χ3v) is 5.77. The van der Waals surface area contributed by atoms with Crippen LogP contribution in [0.4, 0.5) is 0 Å². The van der Waals surface area contributed by atoms with E-state index in [9.17, 15) is 0 Å². The Balaban J connectivity index is 1.63. The Kier molecular flexibility index (Phi) is 7.47. The van der Waals surface area contributed by atoms with Crippen molar-refractivity contribution in [2.75, 3.05) is 41.0 Å². The van der Waals surface area contributed by atoms with Crippen molar-refractivity contribution in [3.05, 3.63) is 17.7 Å². The molecule has 29 heavy (non-hydrogen) atoms. The van der Waals surface area contributed by atoms with Crippen molar-refractivity contribution >= 4 is 5.96 Å². The maximum atomic E-state index is 5.55. The minimum absolute atomic E-state index is 0.452. The summed E-state index contributed by atoms with van der Waals surface area (Å²) in [5.41, 5.74) is 1.00. The largest absolute Gasteiger partial charge is 0.496 e. The fourth-order valence-corrected chi connectivity index (χ4v) is 4.19. The third kappa shape index (κ3) is 5.47. The summed E-state index contributed by atoms with van der Waals surface area (Å²) in [4.78, 5) is 7.46. The van der Waals surface area contributed by atoms with Gasteiger partial charge in [-0.2, -0.15) is 0 Å². The molecular weight excluding hydrogens is 368 g/mol. The molecule has 1 aliphatic heterocycles. The number of nitrogens with one attached hydrogen (secondary N) is 2. The summed E-state index contributed by atoms with van der Waals surface area (Å²) < 4.78 is 16.4. The van der Waals surface area contributed by atoms with E-state index in [0.717, 1.165) is 54.3 Å². The van der Waals surface area contributed by atoms with Gasteiger partial charge in [0.25, 0.3) is 0 Å². The van der Waals surface area contributed by atoms with Crippen molar-refractivity contribution in [1.29, 1.82) is 0 Å². The van der Waals surface area contributed by atoms with Crippen molar-refractivity contribution in [1.82, 2.24) is 15.5 Å². The molecule has 1 aromatic carbocycles. The molecule has 0 aromatic heterocycles. The van der Waals surface area contributed by atoms with Crippen molar-refractivity contribution in [2.45, 2.75) is 57.7 Å². The molecule has 1 saturated heterocycles. The van der Waals surface area contributed by atoms with Crippen LogP contribution in [0.3, 0.4) is 0 Å². The monoisotopic (exact) mass is 404 g/mol. The number of hydrogen-bond donors (Lipinski definition) is 2. The number of hydrogen-bond acceptors (Lipinski definition) is 5. The van der Waals surface area contributed by atoms with E-state index in [-0.39, 0.29) is 0 Å². The lowest BCUT2D eigenvalue weighted by Gasteiger charge is -2.20.